The van der Waals surface area contributed by atoms with Crippen LogP contribution in [0.4, 0.5) is 0 Å². The smallest absolute Gasteiger partial charge is 0.0463 e. The first kappa shape index (κ1) is 14.2. The minimum Gasteiger partial charge on any atom is -0.401 e. The summed E-state index contributed by atoms with van der Waals surface area (Å²) in [5.74, 6) is 1.40. The molecule has 0 amide bonds. The Morgan fingerprint density at radius 1 is 1.10 bits per heavy atom. The number of allylic oxidation sites excluding steroid dienone is 1. The van der Waals surface area contributed by atoms with E-state index in [-0.39, 0.29) is 11.5 Å². The van der Waals surface area contributed by atoms with Gasteiger partial charge in [0.25, 0.3) is 0 Å². The molecular weight excluding hydrogens is 244 g/mol. The summed E-state index contributed by atoms with van der Waals surface area (Å²) in [5, 5.41) is 0. The minimum absolute atomic E-state index is 0.0687. The van der Waals surface area contributed by atoms with Gasteiger partial charge in [0.1, 0.15) is 0 Å². The second-order valence-electron chi connectivity index (χ2n) is 7.11. The highest BCUT2D eigenvalue weighted by atomic mass is 14.7. The predicted octanol–water partition coefficient (Wildman–Crippen LogP) is 3.87. The van der Waals surface area contributed by atoms with E-state index >= 15 is 0 Å². The van der Waals surface area contributed by atoms with Crippen LogP contribution in [0, 0.1) is 17.3 Å². The van der Waals surface area contributed by atoms with E-state index in [4.69, 9.17) is 11.5 Å². The first-order valence-electron chi connectivity index (χ1n) is 8.64. The Balaban J connectivity index is 1.98. The standard InChI is InChI=1S/C18H30N2/c1-2-18(14-9-5-6-10-14)12-11-15(19)16(17(18)20)13-7-3-4-8-13/h11-15H,2-10,19-20H2,1H3. The van der Waals surface area contributed by atoms with Crippen molar-refractivity contribution in [2.24, 2.45) is 28.7 Å². The van der Waals surface area contributed by atoms with Gasteiger partial charge in [-0.1, -0.05) is 44.8 Å². The molecule has 2 nitrogen and oxygen atoms in total. The number of hydrogen-bond acceptors (Lipinski definition) is 2. The Bertz CT molecular complexity index is 411. The largest absolute Gasteiger partial charge is 0.401 e. The monoisotopic (exact) mass is 274 g/mol. The molecule has 0 radical (unpaired) electrons. The first-order valence-corrected chi connectivity index (χ1v) is 8.64. The van der Waals surface area contributed by atoms with Gasteiger partial charge in [0.15, 0.2) is 0 Å². The molecule has 0 spiro atoms. The molecule has 2 atom stereocenters. The van der Waals surface area contributed by atoms with Gasteiger partial charge in [-0.2, -0.15) is 0 Å². The van der Waals surface area contributed by atoms with E-state index in [0.29, 0.717) is 5.92 Å². The molecule has 20 heavy (non-hydrogen) atoms. The van der Waals surface area contributed by atoms with E-state index in [0.717, 1.165) is 18.0 Å². The van der Waals surface area contributed by atoms with Gasteiger partial charge in [-0.3, -0.25) is 0 Å². The van der Waals surface area contributed by atoms with Crippen molar-refractivity contribution in [1.29, 1.82) is 0 Å². The fourth-order valence-corrected chi connectivity index (χ4v) is 5.04. The van der Waals surface area contributed by atoms with Gasteiger partial charge in [0.2, 0.25) is 0 Å². The van der Waals surface area contributed by atoms with Crippen LogP contribution in [0.25, 0.3) is 0 Å². The van der Waals surface area contributed by atoms with Gasteiger partial charge in [0.05, 0.1) is 0 Å². The lowest BCUT2D eigenvalue weighted by Gasteiger charge is -2.42. The first-order chi connectivity index (χ1) is 9.69. The van der Waals surface area contributed by atoms with Crippen LogP contribution in [0.2, 0.25) is 0 Å². The third-order valence-electron chi connectivity index (χ3n) is 6.24. The summed E-state index contributed by atoms with van der Waals surface area (Å²) in [5.41, 5.74) is 15.8. The molecule has 2 saturated carbocycles. The van der Waals surface area contributed by atoms with E-state index in [1.165, 1.54) is 56.9 Å². The lowest BCUT2D eigenvalue weighted by atomic mass is 9.64. The van der Waals surface area contributed by atoms with E-state index in [1.807, 2.05) is 0 Å². The van der Waals surface area contributed by atoms with Crippen molar-refractivity contribution < 1.29 is 0 Å². The van der Waals surface area contributed by atoms with Crippen LogP contribution in [-0.2, 0) is 0 Å². The Labute approximate surface area is 123 Å². The quantitative estimate of drug-likeness (QED) is 0.767. The van der Waals surface area contributed by atoms with E-state index < -0.39 is 0 Å². The predicted molar refractivity (Wildman–Crippen MR) is 85.0 cm³/mol. The van der Waals surface area contributed by atoms with Crippen molar-refractivity contribution in [2.45, 2.75) is 70.8 Å². The second kappa shape index (κ2) is 5.55. The van der Waals surface area contributed by atoms with Crippen LogP contribution in [0.5, 0.6) is 0 Å². The summed E-state index contributed by atoms with van der Waals surface area (Å²) < 4.78 is 0. The van der Waals surface area contributed by atoms with E-state index in [9.17, 15) is 0 Å². The molecular formula is C18H30N2. The molecule has 0 aliphatic heterocycles. The van der Waals surface area contributed by atoms with Gasteiger partial charge in [0, 0.05) is 17.2 Å². The summed E-state index contributed by atoms with van der Waals surface area (Å²) in [6.07, 6.45) is 16.5. The van der Waals surface area contributed by atoms with Crippen LogP contribution in [0.15, 0.2) is 23.4 Å². The molecule has 0 heterocycles. The summed E-state index contributed by atoms with van der Waals surface area (Å²) in [6, 6.07) is 0.0687. The minimum atomic E-state index is 0.0687. The zero-order chi connectivity index (χ0) is 14.2. The van der Waals surface area contributed by atoms with E-state index in [2.05, 4.69) is 19.1 Å². The zero-order valence-electron chi connectivity index (χ0n) is 12.9. The van der Waals surface area contributed by atoms with Crippen LogP contribution < -0.4 is 11.5 Å². The molecule has 0 saturated heterocycles. The summed E-state index contributed by atoms with van der Waals surface area (Å²) >= 11 is 0. The highest BCUT2D eigenvalue weighted by Crippen LogP contribution is 2.51. The molecule has 3 rings (SSSR count). The van der Waals surface area contributed by atoms with Crippen LogP contribution >= 0.6 is 0 Å². The fourth-order valence-electron chi connectivity index (χ4n) is 5.04. The van der Waals surface area contributed by atoms with Crippen LogP contribution in [-0.4, -0.2) is 6.04 Å². The Morgan fingerprint density at radius 3 is 2.30 bits per heavy atom. The molecule has 3 aliphatic rings. The Kier molecular flexibility index (Phi) is 3.94. The molecule has 2 unspecified atom stereocenters. The van der Waals surface area contributed by atoms with Crippen molar-refractivity contribution in [1.82, 2.24) is 0 Å². The lowest BCUT2D eigenvalue weighted by molar-refractivity contribution is 0.259. The van der Waals surface area contributed by atoms with Gasteiger partial charge < -0.3 is 11.5 Å². The average Bonchev–Trinajstić information content (AvgIpc) is 3.13. The molecule has 0 bridgehead atoms. The SMILES string of the molecule is CCC1(C2CCCC2)C=CC(N)C(C2CCCC2)=C1N. The Morgan fingerprint density at radius 2 is 1.70 bits per heavy atom. The van der Waals surface area contributed by atoms with Crippen molar-refractivity contribution in [3.63, 3.8) is 0 Å². The van der Waals surface area contributed by atoms with Crippen LogP contribution in [0.3, 0.4) is 0 Å². The van der Waals surface area contributed by atoms with Crippen molar-refractivity contribution in [3.8, 4) is 0 Å². The highest BCUT2D eigenvalue weighted by Gasteiger charge is 2.43. The number of rotatable bonds is 3. The molecule has 0 aromatic heterocycles. The molecule has 3 aliphatic carbocycles. The average molecular weight is 274 g/mol. The maximum Gasteiger partial charge on any atom is 0.0463 e. The topological polar surface area (TPSA) is 52.0 Å². The van der Waals surface area contributed by atoms with Crippen LogP contribution in [0.1, 0.15) is 64.7 Å². The van der Waals surface area contributed by atoms with Gasteiger partial charge in [-0.25, -0.2) is 0 Å². The molecule has 0 aromatic carbocycles. The summed E-state index contributed by atoms with van der Waals surface area (Å²) in [4.78, 5) is 0. The zero-order valence-corrected chi connectivity index (χ0v) is 12.9. The van der Waals surface area contributed by atoms with Crippen molar-refractivity contribution >= 4 is 0 Å². The third kappa shape index (κ3) is 2.13. The Hall–Kier alpha value is -0.760. The van der Waals surface area contributed by atoms with Gasteiger partial charge >= 0.3 is 0 Å². The second-order valence-corrected chi connectivity index (χ2v) is 7.11. The summed E-state index contributed by atoms with van der Waals surface area (Å²) in [7, 11) is 0. The van der Waals surface area contributed by atoms with Gasteiger partial charge in [-0.05, 0) is 49.5 Å². The van der Waals surface area contributed by atoms with E-state index in [1.54, 1.807) is 0 Å². The lowest BCUT2D eigenvalue weighted by Crippen LogP contribution is -2.41. The van der Waals surface area contributed by atoms with Gasteiger partial charge in [-0.15, -0.1) is 0 Å². The molecule has 0 aromatic rings. The highest BCUT2D eigenvalue weighted by molar-refractivity contribution is 5.39. The summed E-state index contributed by atoms with van der Waals surface area (Å²) in [6.45, 7) is 2.30. The molecule has 112 valence electrons. The fraction of sp³-hybridized carbons (Fsp3) is 0.778. The number of nitrogens with two attached hydrogens (primary N) is 2. The maximum atomic E-state index is 6.77. The normalized spacial score (nSPS) is 36.2. The maximum absolute atomic E-state index is 6.77. The third-order valence-corrected chi connectivity index (χ3v) is 6.24. The van der Waals surface area contributed by atoms with Crippen molar-refractivity contribution in [3.05, 3.63) is 23.4 Å². The molecule has 4 N–H and O–H groups in total. The number of hydrogen-bond donors (Lipinski definition) is 2. The molecule has 2 fully saturated rings. The van der Waals surface area contributed by atoms with Crippen molar-refractivity contribution in [2.75, 3.05) is 0 Å². The molecule has 2 heteroatoms.